The topological polar surface area (TPSA) is 61.2 Å². The molecule has 5 nitrogen and oxygen atoms in total. The molecule has 0 fully saturated rings. The van der Waals surface area contributed by atoms with Gasteiger partial charge in [-0.25, -0.2) is 9.07 Å². The molecule has 1 aliphatic rings. The van der Waals surface area contributed by atoms with Crippen molar-refractivity contribution in [2.45, 2.75) is 18.3 Å². The van der Waals surface area contributed by atoms with Gasteiger partial charge in [0.15, 0.2) is 0 Å². The lowest BCUT2D eigenvalue weighted by Crippen LogP contribution is -2.28. The zero-order chi connectivity index (χ0) is 16.1. The molecular formula is C12H8F4N2O3S. The van der Waals surface area contributed by atoms with Crippen molar-refractivity contribution in [1.82, 2.24) is 9.78 Å². The number of rotatable bonds is 2. The smallest absolute Gasteiger partial charge is 0.354 e. The molecule has 118 valence electrons. The minimum Gasteiger partial charge on any atom is -0.354 e. The molecule has 0 radical (unpaired) electrons. The standard InChI is InChI=1S/C12H8F4N2O3S/c13-8-2-4-10-7(5-8)1-3-9-6-11(17-18(9)10)21-22(19,20)12(14,15)16/h2,4-6H,1,3H2. The van der Waals surface area contributed by atoms with Gasteiger partial charge in [0.2, 0.25) is 0 Å². The van der Waals surface area contributed by atoms with Crippen LogP contribution in [0.2, 0.25) is 0 Å². The number of hydrogen-bond donors (Lipinski definition) is 0. The lowest BCUT2D eigenvalue weighted by atomic mass is 10.0. The molecule has 2 aromatic rings. The Morgan fingerprint density at radius 1 is 1.18 bits per heavy atom. The maximum Gasteiger partial charge on any atom is 0.534 e. The van der Waals surface area contributed by atoms with Crippen LogP contribution in [0.3, 0.4) is 0 Å². The summed E-state index contributed by atoms with van der Waals surface area (Å²) in [5.74, 6) is -1.12. The van der Waals surface area contributed by atoms with Crippen LogP contribution in [-0.4, -0.2) is 23.7 Å². The van der Waals surface area contributed by atoms with E-state index < -0.39 is 27.3 Å². The summed E-state index contributed by atoms with van der Waals surface area (Å²) in [5, 5.41) is 3.71. The molecule has 0 bridgehead atoms. The maximum absolute atomic E-state index is 13.2. The van der Waals surface area contributed by atoms with Crippen molar-refractivity contribution < 1.29 is 30.2 Å². The summed E-state index contributed by atoms with van der Waals surface area (Å²) in [5.41, 5.74) is -3.95. The fourth-order valence-electron chi connectivity index (χ4n) is 2.21. The number of fused-ring (bicyclic) bond motifs is 3. The monoisotopic (exact) mass is 336 g/mol. The zero-order valence-corrected chi connectivity index (χ0v) is 11.6. The van der Waals surface area contributed by atoms with Gasteiger partial charge in [-0.1, -0.05) is 0 Å². The van der Waals surface area contributed by atoms with Crippen molar-refractivity contribution in [2.75, 3.05) is 0 Å². The van der Waals surface area contributed by atoms with Crippen LogP contribution < -0.4 is 4.18 Å². The molecule has 0 amide bonds. The Bertz CT molecular complexity index is 843. The Balaban J connectivity index is 1.99. The summed E-state index contributed by atoms with van der Waals surface area (Å²) in [6.45, 7) is 0. The van der Waals surface area contributed by atoms with Crippen LogP contribution in [0.25, 0.3) is 5.69 Å². The molecule has 1 aromatic carbocycles. The number of benzene rings is 1. The van der Waals surface area contributed by atoms with Crippen molar-refractivity contribution in [3.63, 3.8) is 0 Å². The number of alkyl halides is 3. The molecule has 0 aliphatic carbocycles. The SMILES string of the molecule is O=S(=O)(Oc1cc2n(n1)-c1ccc(F)cc1CC2)C(F)(F)F. The molecule has 2 heterocycles. The molecule has 22 heavy (non-hydrogen) atoms. The van der Waals surface area contributed by atoms with Gasteiger partial charge in [0.1, 0.15) is 5.82 Å². The van der Waals surface area contributed by atoms with Gasteiger partial charge in [-0.2, -0.15) is 21.6 Å². The number of halogens is 4. The fourth-order valence-corrected chi connectivity index (χ4v) is 2.61. The van der Waals surface area contributed by atoms with E-state index in [1.54, 1.807) is 0 Å². The summed E-state index contributed by atoms with van der Waals surface area (Å²) >= 11 is 0. The van der Waals surface area contributed by atoms with Gasteiger partial charge < -0.3 is 4.18 Å². The van der Waals surface area contributed by atoms with Gasteiger partial charge in [-0.05, 0) is 36.6 Å². The third-order valence-electron chi connectivity index (χ3n) is 3.16. The molecule has 0 saturated carbocycles. The minimum atomic E-state index is -5.77. The molecule has 1 aromatic heterocycles. The molecule has 0 N–H and O–H groups in total. The Morgan fingerprint density at radius 3 is 2.59 bits per heavy atom. The summed E-state index contributed by atoms with van der Waals surface area (Å²) < 4.78 is 77.3. The largest absolute Gasteiger partial charge is 0.534 e. The molecule has 0 atom stereocenters. The van der Waals surface area contributed by atoms with Crippen LogP contribution >= 0.6 is 0 Å². The summed E-state index contributed by atoms with van der Waals surface area (Å²) in [6, 6.07) is 5.02. The molecule has 10 heteroatoms. The molecule has 1 aliphatic heterocycles. The van der Waals surface area contributed by atoms with Gasteiger partial charge in [0.05, 0.1) is 5.69 Å². The second kappa shape index (κ2) is 4.70. The van der Waals surface area contributed by atoms with Gasteiger partial charge in [0, 0.05) is 11.8 Å². The fraction of sp³-hybridized carbons (Fsp3) is 0.250. The highest BCUT2D eigenvalue weighted by Crippen LogP contribution is 2.30. The highest BCUT2D eigenvalue weighted by atomic mass is 32.2. The van der Waals surface area contributed by atoms with Crippen LogP contribution in [0.1, 0.15) is 11.3 Å². The number of aryl methyl sites for hydroxylation is 2. The predicted molar refractivity (Wildman–Crippen MR) is 66.5 cm³/mol. The van der Waals surface area contributed by atoms with Crippen molar-refractivity contribution in [3.8, 4) is 11.6 Å². The average Bonchev–Trinajstić information content (AvgIpc) is 2.78. The summed E-state index contributed by atoms with van der Waals surface area (Å²) in [6.07, 6.45) is 0.836. The zero-order valence-electron chi connectivity index (χ0n) is 10.8. The molecule has 3 rings (SSSR count). The lowest BCUT2D eigenvalue weighted by Gasteiger charge is -2.17. The summed E-state index contributed by atoms with van der Waals surface area (Å²) in [4.78, 5) is 0. The molecule has 0 spiro atoms. The third-order valence-corrected chi connectivity index (χ3v) is 4.12. The minimum absolute atomic E-state index is 0.374. The van der Waals surface area contributed by atoms with Crippen LogP contribution in [0, 0.1) is 5.82 Å². The van der Waals surface area contributed by atoms with E-state index >= 15 is 0 Å². The molecule has 0 saturated heterocycles. The van der Waals surface area contributed by atoms with Gasteiger partial charge >= 0.3 is 15.6 Å². The van der Waals surface area contributed by atoms with Crippen molar-refractivity contribution >= 4 is 10.1 Å². The van der Waals surface area contributed by atoms with Crippen molar-refractivity contribution in [3.05, 3.63) is 41.3 Å². The van der Waals surface area contributed by atoms with E-state index in [-0.39, 0.29) is 0 Å². The number of aromatic nitrogens is 2. The van der Waals surface area contributed by atoms with E-state index in [9.17, 15) is 26.0 Å². The van der Waals surface area contributed by atoms with Crippen LogP contribution in [0.15, 0.2) is 24.3 Å². The van der Waals surface area contributed by atoms with Crippen molar-refractivity contribution in [2.24, 2.45) is 0 Å². The molecular weight excluding hydrogens is 328 g/mol. The lowest BCUT2D eigenvalue weighted by molar-refractivity contribution is -0.0501. The van der Waals surface area contributed by atoms with E-state index in [1.807, 2.05) is 0 Å². The maximum atomic E-state index is 13.2. The normalized spacial score (nSPS) is 14.4. The van der Waals surface area contributed by atoms with Gasteiger partial charge in [-0.15, -0.1) is 5.10 Å². The van der Waals surface area contributed by atoms with Gasteiger partial charge in [-0.3, -0.25) is 0 Å². The second-order valence-electron chi connectivity index (χ2n) is 4.64. The predicted octanol–water partition coefficient (Wildman–Crippen LogP) is 2.34. The Morgan fingerprint density at radius 2 is 1.91 bits per heavy atom. The first-order chi connectivity index (χ1) is 10.2. The first-order valence-corrected chi connectivity index (χ1v) is 7.47. The third kappa shape index (κ3) is 2.43. The Labute approximate surface area is 122 Å². The van der Waals surface area contributed by atoms with E-state index in [4.69, 9.17) is 0 Å². The average molecular weight is 336 g/mol. The van der Waals surface area contributed by atoms with Crippen LogP contribution in [-0.2, 0) is 23.0 Å². The Kier molecular flexibility index (Phi) is 3.17. The first kappa shape index (κ1) is 14.8. The van der Waals surface area contributed by atoms with E-state index in [1.165, 1.54) is 22.9 Å². The Hall–Kier alpha value is -2.10. The van der Waals surface area contributed by atoms with E-state index in [2.05, 4.69) is 9.28 Å². The second-order valence-corrected chi connectivity index (χ2v) is 6.18. The van der Waals surface area contributed by atoms with Crippen LogP contribution in [0.4, 0.5) is 17.6 Å². The molecule has 0 unspecified atom stereocenters. The van der Waals surface area contributed by atoms with E-state index in [0.717, 1.165) is 6.07 Å². The van der Waals surface area contributed by atoms with Crippen molar-refractivity contribution in [1.29, 1.82) is 0 Å². The van der Waals surface area contributed by atoms with Crippen LogP contribution in [0.5, 0.6) is 5.88 Å². The quantitative estimate of drug-likeness (QED) is 0.480. The number of nitrogens with zero attached hydrogens (tertiary/aromatic N) is 2. The highest BCUT2D eigenvalue weighted by molar-refractivity contribution is 7.87. The highest BCUT2D eigenvalue weighted by Gasteiger charge is 2.49. The number of hydrogen-bond acceptors (Lipinski definition) is 4. The first-order valence-electron chi connectivity index (χ1n) is 6.06. The van der Waals surface area contributed by atoms with E-state index in [0.29, 0.717) is 29.8 Å². The van der Waals surface area contributed by atoms with Gasteiger partial charge in [0.25, 0.3) is 5.88 Å². The summed E-state index contributed by atoms with van der Waals surface area (Å²) in [7, 11) is -5.77.